The van der Waals surface area contributed by atoms with E-state index in [-0.39, 0.29) is 13.0 Å². The molecule has 0 amide bonds. The lowest BCUT2D eigenvalue weighted by Gasteiger charge is -2.06. The molecule has 0 aliphatic carbocycles. The fourth-order valence-corrected chi connectivity index (χ4v) is 1.45. The van der Waals surface area contributed by atoms with Crippen LogP contribution in [0.1, 0.15) is 51.4 Å². The van der Waals surface area contributed by atoms with Gasteiger partial charge in [0.1, 0.15) is 0 Å². The molecule has 0 fully saturated rings. The molecule has 0 aromatic carbocycles. The predicted octanol–water partition coefficient (Wildman–Crippen LogP) is 4.84. The molecule has 7 heteroatoms. The van der Waals surface area contributed by atoms with Crippen LogP contribution in [0.3, 0.4) is 0 Å². The highest BCUT2D eigenvalue weighted by Crippen LogP contribution is 2.16. The summed E-state index contributed by atoms with van der Waals surface area (Å²) in [5.74, 6) is 0. The average Bonchev–Trinajstić information content (AvgIpc) is 2.24. The summed E-state index contributed by atoms with van der Waals surface area (Å²) in [6.45, 7) is -0.0924. The van der Waals surface area contributed by atoms with Gasteiger partial charge >= 0.3 is 6.36 Å². The van der Waals surface area contributed by atoms with Crippen molar-refractivity contribution in [2.24, 2.45) is 0 Å². The molecule has 0 spiro atoms. The summed E-state index contributed by atoms with van der Waals surface area (Å²) in [4.78, 5) is 7.10. The smallest absolute Gasteiger partial charge is 0.229 e. The van der Waals surface area contributed by atoms with E-state index in [1.54, 1.807) is 0 Å². The summed E-state index contributed by atoms with van der Waals surface area (Å²) >= 11 is 0. The van der Waals surface area contributed by atoms with Gasteiger partial charge in [-0.1, -0.05) is 32.1 Å². The van der Waals surface area contributed by atoms with E-state index >= 15 is 0 Å². The Bertz CT molecular complexity index is 185. The van der Waals surface area contributed by atoms with Crippen molar-refractivity contribution in [1.29, 1.82) is 0 Å². The molecule has 0 saturated heterocycles. The monoisotopic (exact) mass is 278 g/mol. The van der Waals surface area contributed by atoms with Gasteiger partial charge in [-0.3, -0.25) is 0 Å². The first kappa shape index (κ1) is 17.6. The first-order valence-electron chi connectivity index (χ1n) is 6.07. The van der Waals surface area contributed by atoms with E-state index in [0.717, 1.165) is 32.1 Å². The molecular weight excluding hydrogens is 259 g/mol. The molecule has 0 bridgehead atoms. The molecule has 2 nitrogen and oxygen atoms in total. The Hall–Kier alpha value is -0.430. The van der Waals surface area contributed by atoms with Crippen LogP contribution in [0.15, 0.2) is 0 Å². The second-order valence-corrected chi connectivity index (χ2v) is 4.01. The molecule has 0 aliphatic heterocycles. The minimum atomic E-state index is -4.75. The second kappa shape index (κ2) is 10.5. The van der Waals surface area contributed by atoms with Crippen LogP contribution >= 0.6 is 0 Å². The van der Waals surface area contributed by atoms with Gasteiger partial charge in [0.2, 0.25) is 6.43 Å². The van der Waals surface area contributed by atoms with Crippen LogP contribution in [-0.4, -0.2) is 19.4 Å². The zero-order valence-corrected chi connectivity index (χ0v) is 10.1. The summed E-state index contributed by atoms with van der Waals surface area (Å²) in [6, 6.07) is 0. The van der Waals surface area contributed by atoms with Gasteiger partial charge in [-0.05, 0) is 12.8 Å². The molecule has 0 saturated carbocycles. The van der Waals surface area contributed by atoms with E-state index in [4.69, 9.17) is 0 Å². The number of halogens is 5. The Kier molecular flexibility index (Phi) is 10.2. The van der Waals surface area contributed by atoms with Gasteiger partial charge in [0.25, 0.3) is 0 Å². The molecule has 0 rings (SSSR count). The Morgan fingerprint density at radius 2 is 1.28 bits per heavy atom. The first-order chi connectivity index (χ1) is 8.42. The Morgan fingerprint density at radius 3 is 1.78 bits per heavy atom. The van der Waals surface area contributed by atoms with Crippen LogP contribution in [0, 0.1) is 0 Å². The number of hydrogen-bond donors (Lipinski definition) is 0. The number of alkyl halides is 5. The van der Waals surface area contributed by atoms with Crippen molar-refractivity contribution in [3.05, 3.63) is 0 Å². The molecule has 0 aliphatic rings. The first-order valence-corrected chi connectivity index (χ1v) is 6.07. The van der Waals surface area contributed by atoms with E-state index in [1.807, 2.05) is 0 Å². The summed E-state index contributed by atoms with van der Waals surface area (Å²) in [5.41, 5.74) is 0. The third-order valence-corrected chi connectivity index (χ3v) is 2.30. The molecule has 0 radical (unpaired) electrons. The molecule has 0 unspecified atom stereocenters. The van der Waals surface area contributed by atoms with E-state index < -0.39 is 12.8 Å². The highest BCUT2D eigenvalue weighted by atomic mass is 19.4. The fourth-order valence-electron chi connectivity index (χ4n) is 1.45. The van der Waals surface area contributed by atoms with Crippen LogP contribution < -0.4 is 0 Å². The maximum Gasteiger partial charge on any atom is 0.549 e. The van der Waals surface area contributed by atoms with Gasteiger partial charge in [-0.15, -0.1) is 18.1 Å². The van der Waals surface area contributed by atoms with Gasteiger partial charge in [0.15, 0.2) is 0 Å². The van der Waals surface area contributed by atoms with Crippen molar-refractivity contribution in [3.8, 4) is 0 Å². The molecule has 18 heavy (non-hydrogen) atoms. The number of rotatable bonds is 11. The minimum Gasteiger partial charge on any atom is -0.229 e. The third kappa shape index (κ3) is 15.6. The highest BCUT2D eigenvalue weighted by molar-refractivity contribution is 4.47. The van der Waals surface area contributed by atoms with Gasteiger partial charge < -0.3 is 0 Å². The Labute approximate surface area is 103 Å². The molecule has 0 aromatic rings. The normalized spacial score (nSPS) is 12.3. The predicted molar refractivity (Wildman–Crippen MR) is 56.0 cm³/mol. The van der Waals surface area contributed by atoms with Crippen LogP contribution in [0.25, 0.3) is 0 Å². The lowest BCUT2D eigenvalue weighted by Crippen LogP contribution is -2.14. The van der Waals surface area contributed by atoms with E-state index in [0.29, 0.717) is 12.8 Å². The average molecular weight is 278 g/mol. The lowest BCUT2D eigenvalue weighted by molar-refractivity contribution is -0.484. The summed E-state index contributed by atoms with van der Waals surface area (Å²) in [7, 11) is 0. The zero-order chi connectivity index (χ0) is 13.9. The van der Waals surface area contributed by atoms with Crippen LogP contribution in [0.2, 0.25) is 0 Å². The molecule has 0 N–H and O–H groups in total. The van der Waals surface area contributed by atoms with Crippen molar-refractivity contribution >= 4 is 0 Å². The highest BCUT2D eigenvalue weighted by Gasteiger charge is 2.30. The number of unbranched alkanes of at least 4 members (excludes halogenated alkanes) is 6. The van der Waals surface area contributed by atoms with Crippen LogP contribution in [0.5, 0.6) is 0 Å². The summed E-state index contributed by atoms with van der Waals surface area (Å²) in [5, 5.41) is 0. The molecule has 0 atom stereocenters. The van der Waals surface area contributed by atoms with E-state index in [9.17, 15) is 22.0 Å². The molecule has 110 valence electrons. The largest absolute Gasteiger partial charge is 0.549 e. The van der Waals surface area contributed by atoms with Gasteiger partial charge in [0, 0.05) is 6.42 Å². The topological polar surface area (TPSA) is 18.5 Å². The van der Waals surface area contributed by atoms with Gasteiger partial charge in [-0.2, -0.15) is 0 Å². The van der Waals surface area contributed by atoms with E-state index in [2.05, 4.69) is 9.78 Å². The fraction of sp³-hybridized carbons (Fsp3) is 1.00. The zero-order valence-electron chi connectivity index (χ0n) is 10.1. The Balaban J connectivity index is 3.04. The summed E-state index contributed by atoms with van der Waals surface area (Å²) in [6.07, 6.45) is -1.83. The Morgan fingerprint density at radius 1 is 0.778 bits per heavy atom. The number of hydrogen-bond acceptors (Lipinski definition) is 2. The molecular formula is C11H19F5O2. The standard InChI is InChI=1S/C11H19F5O2/c12-10(13)8-6-4-2-1-3-5-7-9-17-18-11(14,15)16/h10H,1-9H2. The quantitative estimate of drug-likeness (QED) is 0.233. The van der Waals surface area contributed by atoms with Gasteiger partial charge in [-0.25, -0.2) is 13.7 Å². The maximum atomic E-state index is 11.8. The van der Waals surface area contributed by atoms with Crippen molar-refractivity contribution in [2.75, 3.05) is 6.61 Å². The van der Waals surface area contributed by atoms with Crippen molar-refractivity contribution in [3.63, 3.8) is 0 Å². The van der Waals surface area contributed by atoms with Crippen molar-refractivity contribution in [2.45, 2.75) is 64.2 Å². The van der Waals surface area contributed by atoms with Crippen molar-refractivity contribution in [1.82, 2.24) is 0 Å². The summed E-state index contributed by atoms with van der Waals surface area (Å²) < 4.78 is 57.9. The molecule has 0 aromatic heterocycles. The van der Waals surface area contributed by atoms with Crippen LogP contribution in [-0.2, 0) is 9.78 Å². The maximum absolute atomic E-state index is 11.8. The van der Waals surface area contributed by atoms with Crippen molar-refractivity contribution < 1.29 is 31.7 Å². The third-order valence-electron chi connectivity index (χ3n) is 2.30. The minimum absolute atomic E-state index is 0.0530. The van der Waals surface area contributed by atoms with Gasteiger partial charge in [0.05, 0.1) is 6.61 Å². The molecule has 0 heterocycles. The van der Waals surface area contributed by atoms with Crippen LogP contribution in [0.4, 0.5) is 22.0 Å². The lowest BCUT2D eigenvalue weighted by atomic mass is 10.1. The SMILES string of the molecule is FC(F)CCCCCCCCCOOC(F)(F)F. The van der Waals surface area contributed by atoms with E-state index in [1.165, 1.54) is 0 Å². The second-order valence-electron chi connectivity index (χ2n) is 4.01.